The van der Waals surface area contributed by atoms with E-state index >= 15 is 0 Å². The van der Waals surface area contributed by atoms with Crippen molar-refractivity contribution >= 4 is 21.9 Å². The molecule has 0 saturated heterocycles. The minimum Gasteiger partial charge on any atom is -0.459 e. The second-order valence-electron chi connectivity index (χ2n) is 4.59. The van der Waals surface area contributed by atoms with Crippen LogP contribution in [-0.2, 0) is 9.53 Å². The number of benzene rings is 1. The quantitative estimate of drug-likeness (QED) is 0.689. The predicted molar refractivity (Wildman–Crippen MR) is 72.5 cm³/mol. The van der Waals surface area contributed by atoms with Gasteiger partial charge in [-0.2, -0.15) is 0 Å². The van der Waals surface area contributed by atoms with Crippen molar-refractivity contribution in [3.63, 3.8) is 0 Å². The zero-order valence-electron chi connectivity index (χ0n) is 10.1. The maximum absolute atomic E-state index is 11.9. The molecule has 3 atom stereocenters. The summed E-state index contributed by atoms with van der Waals surface area (Å²) in [6, 6.07) is 8.87. The molecular weight excluding hydrogens is 296 g/mol. The first-order valence-electron chi connectivity index (χ1n) is 6.26. The second-order valence-corrected chi connectivity index (χ2v) is 5.77. The summed E-state index contributed by atoms with van der Waals surface area (Å²) in [6.45, 7) is 0. The van der Waals surface area contributed by atoms with Gasteiger partial charge < -0.3 is 9.84 Å². The standard InChI is InChI=1S/C14H17BrO3/c15-11-8-4-5-9-12(11)18-14(17)13(16)10-6-2-1-3-7-10/h1-3,6-7,11-13,16H,4-5,8-9H2/t11-,12-,13+/m1/s1. The van der Waals surface area contributed by atoms with Crippen LogP contribution < -0.4 is 0 Å². The van der Waals surface area contributed by atoms with E-state index in [1.165, 1.54) is 0 Å². The number of hydrogen-bond acceptors (Lipinski definition) is 3. The third-order valence-electron chi connectivity index (χ3n) is 3.23. The van der Waals surface area contributed by atoms with Crippen LogP contribution in [0.2, 0.25) is 0 Å². The van der Waals surface area contributed by atoms with Gasteiger partial charge in [-0.3, -0.25) is 0 Å². The number of carbonyl (C=O) groups is 1. The van der Waals surface area contributed by atoms with Crippen molar-refractivity contribution in [1.29, 1.82) is 0 Å². The maximum atomic E-state index is 11.9. The summed E-state index contributed by atoms with van der Waals surface area (Å²) < 4.78 is 5.38. The number of rotatable bonds is 3. The third-order valence-corrected chi connectivity index (χ3v) is 4.28. The van der Waals surface area contributed by atoms with Gasteiger partial charge in [-0.1, -0.05) is 52.7 Å². The molecule has 0 radical (unpaired) electrons. The summed E-state index contributed by atoms with van der Waals surface area (Å²) in [7, 11) is 0. The minimum atomic E-state index is -1.19. The molecule has 0 amide bonds. The highest BCUT2D eigenvalue weighted by molar-refractivity contribution is 9.09. The van der Waals surface area contributed by atoms with Crippen LogP contribution in [0.4, 0.5) is 0 Å². The van der Waals surface area contributed by atoms with E-state index in [9.17, 15) is 9.90 Å². The molecule has 0 unspecified atom stereocenters. The molecule has 2 rings (SSSR count). The molecule has 1 N–H and O–H groups in total. The Hall–Kier alpha value is -0.870. The lowest BCUT2D eigenvalue weighted by molar-refractivity contribution is -0.160. The number of aliphatic hydroxyl groups excluding tert-OH is 1. The molecule has 0 bridgehead atoms. The van der Waals surface area contributed by atoms with Crippen molar-refractivity contribution < 1.29 is 14.6 Å². The van der Waals surface area contributed by atoms with Gasteiger partial charge in [0.1, 0.15) is 6.10 Å². The molecule has 0 spiro atoms. The van der Waals surface area contributed by atoms with Gasteiger partial charge in [0.05, 0.1) is 4.83 Å². The molecule has 1 aromatic rings. The highest BCUT2D eigenvalue weighted by atomic mass is 79.9. The summed E-state index contributed by atoms with van der Waals surface area (Å²) in [4.78, 5) is 12.1. The Morgan fingerprint density at radius 3 is 2.61 bits per heavy atom. The molecule has 3 nitrogen and oxygen atoms in total. The van der Waals surface area contributed by atoms with E-state index in [1.54, 1.807) is 24.3 Å². The van der Waals surface area contributed by atoms with Crippen molar-refractivity contribution in [2.45, 2.75) is 42.7 Å². The molecule has 1 aromatic carbocycles. The summed E-state index contributed by atoms with van der Waals surface area (Å²) >= 11 is 3.53. The van der Waals surface area contributed by atoms with Gasteiger partial charge in [-0.15, -0.1) is 0 Å². The largest absolute Gasteiger partial charge is 0.459 e. The van der Waals surface area contributed by atoms with Crippen LogP contribution in [-0.4, -0.2) is 22.0 Å². The number of alkyl halides is 1. The van der Waals surface area contributed by atoms with Gasteiger partial charge in [-0.25, -0.2) is 4.79 Å². The Kier molecular flexibility index (Phi) is 4.78. The summed E-state index contributed by atoms with van der Waals surface area (Å²) in [5, 5.41) is 9.92. The second kappa shape index (κ2) is 6.34. The monoisotopic (exact) mass is 312 g/mol. The van der Waals surface area contributed by atoms with Gasteiger partial charge in [0.25, 0.3) is 0 Å². The van der Waals surface area contributed by atoms with Gasteiger partial charge in [0.15, 0.2) is 6.10 Å². The molecule has 1 aliphatic rings. The van der Waals surface area contributed by atoms with Gasteiger partial charge in [0.2, 0.25) is 0 Å². The molecule has 1 aliphatic carbocycles. The fourth-order valence-electron chi connectivity index (χ4n) is 2.17. The number of esters is 1. The van der Waals surface area contributed by atoms with Gasteiger partial charge >= 0.3 is 5.97 Å². The lowest BCUT2D eigenvalue weighted by atomic mass is 9.97. The van der Waals surface area contributed by atoms with E-state index in [4.69, 9.17) is 4.74 Å². The summed E-state index contributed by atoms with van der Waals surface area (Å²) in [5.41, 5.74) is 0.574. The Morgan fingerprint density at radius 1 is 1.28 bits per heavy atom. The average molecular weight is 313 g/mol. The summed E-state index contributed by atoms with van der Waals surface area (Å²) in [5.74, 6) is -0.558. The zero-order valence-corrected chi connectivity index (χ0v) is 11.7. The van der Waals surface area contributed by atoms with Crippen LogP contribution >= 0.6 is 15.9 Å². The van der Waals surface area contributed by atoms with E-state index in [0.717, 1.165) is 25.7 Å². The lowest BCUT2D eigenvalue weighted by Gasteiger charge is -2.27. The van der Waals surface area contributed by atoms with Crippen molar-refractivity contribution in [3.05, 3.63) is 35.9 Å². The fourth-order valence-corrected chi connectivity index (χ4v) is 2.87. The topological polar surface area (TPSA) is 46.5 Å². The van der Waals surface area contributed by atoms with Crippen molar-refractivity contribution in [2.75, 3.05) is 0 Å². The van der Waals surface area contributed by atoms with E-state index in [-0.39, 0.29) is 10.9 Å². The van der Waals surface area contributed by atoms with Crippen LogP contribution in [0.5, 0.6) is 0 Å². The number of hydrogen-bond donors (Lipinski definition) is 1. The maximum Gasteiger partial charge on any atom is 0.339 e. The Bertz CT molecular complexity index is 393. The normalized spacial score (nSPS) is 25.4. The smallest absolute Gasteiger partial charge is 0.339 e. The highest BCUT2D eigenvalue weighted by Gasteiger charge is 2.29. The van der Waals surface area contributed by atoms with E-state index in [1.807, 2.05) is 6.07 Å². The Morgan fingerprint density at radius 2 is 1.94 bits per heavy atom. The molecule has 0 aliphatic heterocycles. The van der Waals surface area contributed by atoms with Gasteiger partial charge in [0, 0.05) is 0 Å². The predicted octanol–water partition coefficient (Wildman–Crippen LogP) is 2.97. The Labute approximate surface area is 115 Å². The molecule has 18 heavy (non-hydrogen) atoms. The fraction of sp³-hybridized carbons (Fsp3) is 0.500. The number of aliphatic hydroxyl groups is 1. The van der Waals surface area contributed by atoms with Gasteiger partial charge in [-0.05, 0) is 24.8 Å². The first-order chi connectivity index (χ1) is 8.68. The number of halogens is 1. The first-order valence-corrected chi connectivity index (χ1v) is 7.17. The third kappa shape index (κ3) is 3.33. The van der Waals surface area contributed by atoms with Crippen LogP contribution in [0.25, 0.3) is 0 Å². The lowest BCUT2D eigenvalue weighted by Crippen LogP contribution is -2.32. The van der Waals surface area contributed by atoms with E-state index < -0.39 is 12.1 Å². The van der Waals surface area contributed by atoms with Crippen molar-refractivity contribution in [2.24, 2.45) is 0 Å². The highest BCUT2D eigenvalue weighted by Crippen LogP contribution is 2.28. The van der Waals surface area contributed by atoms with Crippen LogP contribution in [0.1, 0.15) is 37.4 Å². The molecule has 0 heterocycles. The molecule has 0 aromatic heterocycles. The number of ether oxygens (including phenoxy) is 1. The van der Waals surface area contributed by atoms with Crippen LogP contribution in [0, 0.1) is 0 Å². The van der Waals surface area contributed by atoms with Crippen LogP contribution in [0.3, 0.4) is 0 Å². The molecule has 98 valence electrons. The minimum absolute atomic E-state index is 0.121. The first kappa shape index (κ1) is 13.6. The molecular formula is C14H17BrO3. The van der Waals surface area contributed by atoms with E-state index in [2.05, 4.69) is 15.9 Å². The SMILES string of the molecule is O=C(O[C@@H]1CCCC[C@H]1Br)[C@@H](O)c1ccccc1. The van der Waals surface area contributed by atoms with E-state index in [0.29, 0.717) is 5.56 Å². The Balaban J connectivity index is 1.95. The average Bonchev–Trinajstić information content (AvgIpc) is 2.41. The van der Waals surface area contributed by atoms with Crippen molar-refractivity contribution in [1.82, 2.24) is 0 Å². The zero-order chi connectivity index (χ0) is 13.0. The number of carbonyl (C=O) groups excluding carboxylic acids is 1. The van der Waals surface area contributed by atoms with Crippen LogP contribution in [0.15, 0.2) is 30.3 Å². The summed E-state index contributed by atoms with van der Waals surface area (Å²) in [6.07, 6.45) is 2.80. The molecule has 4 heteroatoms. The molecule has 1 fully saturated rings. The molecule has 1 saturated carbocycles. The van der Waals surface area contributed by atoms with Crippen molar-refractivity contribution in [3.8, 4) is 0 Å².